The van der Waals surface area contributed by atoms with Crippen LogP contribution in [0.5, 0.6) is 0 Å². The highest BCUT2D eigenvalue weighted by Crippen LogP contribution is 2.30. The van der Waals surface area contributed by atoms with Crippen molar-refractivity contribution < 1.29 is 9.59 Å². The molecule has 0 aliphatic heterocycles. The maximum atomic E-state index is 14.4. The number of aryl methyl sites for hydroxylation is 1. The quantitative estimate of drug-likeness (QED) is 0.215. The van der Waals surface area contributed by atoms with Crippen LogP contribution in [0, 0.1) is 12.8 Å². The lowest BCUT2D eigenvalue weighted by Crippen LogP contribution is -2.51. The highest BCUT2D eigenvalue weighted by molar-refractivity contribution is 5.88. The number of carbonyl (C=O) groups excluding carboxylic acids is 2. The van der Waals surface area contributed by atoms with Gasteiger partial charge in [0.25, 0.3) is 0 Å². The molecule has 0 spiro atoms. The summed E-state index contributed by atoms with van der Waals surface area (Å²) in [5, 5.41) is 3.12. The van der Waals surface area contributed by atoms with Crippen molar-refractivity contribution in [3.63, 3.8) is 0 Å². The molecule has 4 heteroatoms. The zero-order chi connectivity index (χ0) is 28.3. The molecule has 0 saturated carbocycles. The molecule has 0 aliphatic carbocycles. The lowest BCUT2D eigenvalue weighted by molar-refractivity contribution is -0.141. The maximum absolute atomic E-state index is 14.4. The van der Waals surface area contributed by atoms with Gasteiger partial charge in [-0.15, -0.1) is 0 Å². The normalized spacial score (nSPS) is 11.8. The first-order valence-electron chi connectivity index (χ1n) is 14.2. The first-order chi connectivity index (χ1) is 19.4. The molecule has 4 rings (SSSR count). The molecule has 0 saturated heterocycles. The van der Waals surface area contributed by atoms with E-state index in [-0.39, 0.29) is 24.2 Å². The van der Waals surface area contributed by atoms with Crippen LogP contribution in [0.2, 0.25) is 0 Å². The van der Waals surface area contributed by atoms with Crippen molar-refractivity contribution in [3.8, 4) is 0 Å². The predicted molar refractivity (Wildman–Crippen MR) is 163 cm³/mol. The molecule has 206 valence electrons. The molecule has 1 N–H and O–H groups in total. The van der Waals surface area contributed by atoms with Crippen LogP contribution < -0.4 is 5.32 Å². The van der Waals surface area contributed by atoms with E-state index in [0.29, 0.717) is 25.4 Å². The summed E-state index contributed by atoms with van der Waals surface area (Å²) in [5.74, 6) is 0.0301. The Bertz CT molecular complexity index is 1300. The van der Waals surface area contributed by atoms with Gasteiger partial charge >= 0.3 is 0 Å². The summed E-state index contributed by atoms with van der Waals surface area (Å²) < 4.78 is 0. The van der Waals surface area contributed by atoms with Gasteiger partial charge in [0.05, 0.1) is 0 Å². The summed E-state index contributed by atoms with van der Waals surface area (Å²) in [5.41, 5.74) is 5.36. The molecule has 0 aromatic heterocycles. The van der Waals surface area contributed by atoms with Gasteiger partial charge < -0.3 is 10.2 Å². The second kappa shape index (κ2) is 14.3. The van der Waals surface area contributed by atoms with Crippen molar-refractivity contribution in [2.45, 2.75) is 52.1 Å². The average Bonchev–Trinajstić information content (AvgIpc) is 2.98. The number of hydrogen-bond acceptors (Lipinski definition) is 2. The molecule has 4 nitrogen and oxygen atoms in total. The van der Waals surface area contributed by atoms with Crippen LogP contribution in [-0.4, -0.2) is 29.3 Å². The fraction of sp³-hybridized carbons (Fsp3) is 0.278. The molecule has 4 aromatic rings. The summed E-state index contributed by atoms with van der Waals surface area (Å²) in [6, 6.07) is 37.9. The second-order valence-corrected chi connectivity index (χ2v) is 10.9. The minimum absolute atomic E-state index is 0.0427. The summed E-state index contributed by atoms with van der Waals surface area (Å²) >= 11 is 0. The van der Waals surface area contributed by atoms with Crippen LogP contribution in [0.3, 0.4) is 0 Å². The Hall–Kier alpha value is -4.18. The van der Waals surface area contributed by atoms with E-state index in [1.807, 2.05) is 78.9 Å². The van der Waals surface area contributed by atoms with E-state index < -0.39 is 6.04 Å². The molecule has 0 unspecified atom stereocenters. The molecule has 0 radical (unpaired) electrons. The van der Waals surface area contributed by atoms with Crippen LogP contribution >= 0.6 is 0 Å². The Balaban J connectivity index is 1.72. The van der Waals surface area contributed by atoms with E-state index in [1.54, 1.807) is 4.90 Å². The Labute approximate surface area is 239 Å². The van der Waals surface area contributed by atoms with E-state index in [1.165, 1.54) is 0 Å². The number of nitrogens with one attached hydrogen (secondary N) is 1. The van der Waals surface area contributed by atoms with Gasteiger partial charge in [-0.25, -0.2) is 0 Å². The lowest BCUT2D eigenvalue weighted by Gasteiger charge is -2.33. The van der Waals surface area contributed by atoms with Gasteiger partial charge in [-0.1, -0.05) is 135 Å². The molecule has 4 aromatic carbocycles. The van der Waals surface area contributed by atoms with Crippen molar-refractivity contribution in [1.29, 1.82) is 0 Å². The molecular weight excluding hydrogens is 492 g/mol. The van der Waals surface area contributed by atoms with Crippen molar-refractivity contribution in [3.05, 3.63) is 143 Å². The SMILES string of the molecule is Cc1ccc(CN(C(=O)CC(c2ccccc2)c2ccccc2)[C@@H](Cc2ccccc2)C(=O)NCC(C)C)cc1. The highest BCUT2D eigenvalue weighted by atomic mass is 16.2. The van der Waals surface area contributed by atoms with Gasteiger partial charge in [0.15, 0.2) is 0 Å². The first-order valence-corrected chi connectivity index (χ1v) is 14.2. The molecule has 0 bridgehead atoms. The zero-order valence-electron chi connectivity index (χ0n) is 23.8. The monoisotopic (exact) mass is 532 g/mol. The van der Waals surface area contributed by atoms with E-state index in [9.17, 15) is 9.59 Å². The number of amides is 2. The molecule has 0 heterocycles. The van der Waals surface area contributed by atoms with Crippen molar-refractivity contribution in [1.82, 2.24) is 10.2 Å². The van der Waals surface area contributed by atoms with Crippen LogP contribution in [0.4, 0.5) is 0 Å². The van der Waals surface area contributed by atoms with E-state index in [2.05, 4.69) is 62.5 Å². The Morgan fingerprint density at radius 1 is 0.700 bits per heavy atom. The summed E-state index contributed by atoms with van der Waals surface area (Å²) in [7, 11) is 0. The van der Waals surface area contributed by atoms with Gasteiger partial charge in [0.1, 0.15) is 6.04 Å². The molecule has 0 aliphatic rings. The summed E-state index contributed by atoms with van der Waals surface area (Å²) in [6.45, 7) is 7.13. The summed E-state index contributed by atoms with van der Waals surface area (Å²) in [6.07, 6.45) is 0.715. The Morgan fingerprint density at radius 2 is 1.23 bits per heavy atom. The Kier molecular flexibility index (Phi) is 10.3. The van der Waals surface area contributed by atoms with E-state index in [0.717, 1.165) is 27.8 Å². The van der Waals surface area contributed by atoms with Crippen LogP contribution in [0.15, 0.2) is 115 Å². The number of hydrogen-bond donors (Lipinski definition) is 1. The van der Waals surface area contributed by atoms with Crippen molar-refractivity contribution >= 4 is 11.8 Å². The van der Waals surface area contributed by atoms with E-state index >= 15 is 0 Å². The lowest BCUT2D eigenvalue weighted by atomic mass is 9.87. The van der Waals surface area contributed by atoms with Crippen LogP contribution in [0.1, 0.15) is 54.0 Å². The smallest absolute Gasteiger partial charge is 0.243 e. The van der Waals surface area contributed by atoms with E-state index in [4.69, 9.17) is 0 Å². The van der Waals surface area contributed by atoms with Gasteiger partial charge in [-0.3, -0.25) is 9.59 Å². The predicted octanol–water partition coefficient (Wildman–Crippen LogP) is 6.93. The largest absolute Gasteiger partial charge is 0.354 e. The topological polar surface area (TPSA) is 49.4 Å². The second-order valence-electron chi connectivity index (χ2n) is 10.9. The number of benzene rings is 4. The van der Waals surface area contributed by atoms with Crippen molar-refractivity contribution in [2.24, 2.45) is 5.92 Å². The Morgan fingerprint density at radius 3 is 1.75 bits per heavy atom. The number of nitrogens with zero attached hydrogens (tertiary/aromatic N) is 1. The molecule has 40 heavy (non-hydrogen) atoms. The van der Waals surface area contributed by atoms with Crippen molar-refractivity contribution in [2.75, 3.05) is 6.54 Å². The fourth-order valence-electron chi connectivity index (χ4n) is 4.96. The summed E-state index contributed by atoms with van der Waals surface area (Å²) in [4.78, 5) is 30.0. The molecule has 2 amide bonds. The third kappa shape index (κ3) is 8.16. The third-order valence-electron chi connectivity index (χ3n) is 7.21. The minimum Gasteiger partial charge on any atom is -0.354 e. The first kappa shape index (κ1) is 28.8. The standard InChI is InChI=1S/C36H40N2O2/c1-27(2)25-37-36(40)34(23-29-13-7-4-8-14-29)38(26-30-21-19-28(3)20-22-30)35(39)24-33(31-15-9-5-10-16-31)32-17-11-6-12-18-32/h4-22,27,33-34H,23-26H2,1-3H3,(H,37,40)/t34-/m0/s1. The molecular formula is C36H40N2O2. The van der Waals surface area contributed by atoms with Gasteiger partial charge in [-0.05, 0) is 35.1 Å². The number of rotatable bonds is 12. The highest BCUT2D eigenvalue weighted by Gasteiger charge is 2.32. The van der Waals surface area contributed by atoms with Gasteiger partial charge in [-0.2, -0.15) is 0 Å². The molecule has 0 fully saturated rings. The average molecular weight is 533 g/mol. The zero-order valence-corrected chi connectivity index (χ0v) is 23.8. The number of carbonyl (C=O) groups is 2. The van der Waals surface area contributed by atoms with Crippen LogP contribution in [0.25, 0.3) is 0 Å². The third-order valence-corrected chi connectivity index (χ3v) is 7.21. The minimum atomic E-state index is -0.637. The maximum Gasteiger partial charge on any atom is 0.243 e. The van der Waals surface area contributed by atoms with Gasteiger partial charge in [0, 0.05) is 31.8 Å². The molecule has 1 atom stereocenters. The van der Waals surface area contributed by atoms with Gasteiger partial charge in [0.2, 0.25) is 11.8 Å². The fourth-order valence-corrected chi connectivity index (χ4v) is 4.96. The van der Waals surface area contributed by atoms with Crippen LogP contribution in [-0.2, 0) is 22.6 Å².